The van der Waals surface area contributed by atoms with Crippen molar-refractivity contribution in [3.8, 4) is 5.75 Å². The predicted molar refractivity (Wildman–Crippen MR) is 261 cm³/mol. The van der Waals surface area contributed by atoms with Gasteiger partial charge in [-0.3, -0.25) is 38.9 Å². The molecule has 0 bridgehead atoms. The number of imide groups is 1. The first-order valence-corrected chi connectivity index (χ1v) is 25.6. The monoisotopic (exact) mass is 966 g/mol. The molecule has 1 atom stereocenters. The summed E-state index contributed by atoms with van der Waals surface area (Å²) in [6, 6.07) is 7.71. The number of piperidine rings is 2. The van der Waals surface area contributed by atoms with Gasteiger partial charge in [-0.15, -0.1) is 0 Å². The maximum Gasteiger partial charge on any atom is 0.343 e. The smallest absolute Gasteiger partial charge is 0.343 e. The van der Waals surface area contributed by atoms with Gasteiger partial charge in [0.05, 0.1) is 24.4 Å². The fraction of sp³-hybridized carbons (Fsp3) is 0.627. The number of likely N-dealkylation sites (tertiary alicyclic amines) is 1. The average Bonchev–Trinajstić information content (AvgIpc) is 3.79. The quantitative estimate of drug-likeness (QED) is 0.122. The number of hydrogen-bond donors (Lipinski definition) is 3. The van der Waals surface area contributed by atoms with Crippen LogP contribution in [0.3, 0.4) is 0 Å². The maximum atomic E-state index is 13.7. The molecule has 3 aliphatic heterocycles. The number of likely N-dealkylation sites (N-methyl/N-ethyl adjacent to an activating group) is 1. The summed E-state index contributed by atoms with van der Waals surface area (Å²) >= 11 is 0. The minimum atomic E-state index is -0.459. The summed E-state index contributed by atoms with van der Waals surface area (Å²) in [7, 11) is 3.63. The highest BCUT2D eigenvalue weighted by Gasteiger charge is 2.37. The van der Waals surface area contributed by atoms with Crippen molar-refractivity contribution >= 4 is 53.0 Å². The summed E-state index contributed by atoms with van der Waals surface area (Å²) in [5.41, 5.74) is 1.87. The van der Waals surface area contributed by atoms with Crippen LogP contribution >= 0.6 is 0 Å². The Kier molecular flexibility index (Phi) is 17.0. The second-order valence-electron chi connectivity index (χ2n) is 19.9. The van der Waals surface area contributed by atoms with Gasteiger partial charge in [-0.25, -0.2) is 9.78 Å². The number of hydrogen-bond acceptors (Lipinski definition) is 14. The molecule has 1 unspecified atom stereocenters. The molecule has 19 nitrogen and oxygen atoms in total. The van der Waals surface area contributed by atoms with Crippen LogP contribution in [-0.2, 0) is 35.8 Å². The van der Waals surface area contributed by atoms with Crippen molar-refractivity contribution in [2.75, 3.05) is 76.7 Å². The van der Waals surface area contributed by atoms with E-state index in [2.05, 4.69) is 40.8 Å². The van der Waals surface area contributed by atoms with Crippen LogP contribution in [0.15, 0.2) is 42.9 Å². The molecule has 0 radical (unpaired) electrons. The van der Waals surface area contributed by atoms with Crippen LogP contribution in [0.2, 0.25) is 0 Å². The van der Waals surface area contributed by atoms with E-state index in [1.807, 2.05) is 30.3 Å². The highest BCUT2D eigenvalue weighted by atomic mass is 16.5. The van der Waals surface area contributed by atoms with Crippen molar-refractivity contribution in [1.29, 1.82) is 0 Å². The number of nitrogens with one attached hydrogen (secondary N) is 3. The Morgan fingerprint density at radius 3 is 2.13 bits per heavy atom. The van der Waals surface area contributed by atoms with Gasteiger partial charge in [0.15, 0.2) is 6.61 Å². The molecule has 2 aliphatic carbocycles. The van der Waals surface area contributed by atoms with E-state index < -0.39 is 5.97 Å². The van der Waals surface area contributed by atoms with E-state index in [1.54, 1.807) is 41.9 Å². The highest BCUT2D eigenvalue weighted by Crippen LogP contribution is 2.34. The van der Waals surface area contributed by atoms with Crippen LogP contribution in [0.5, 0.6) is 5.75 Å². The molecule has 5 heterocycles. The molecule has 70 heavy (non-hydrogen) atoms. The summed E-state index contributed by atoms with van der Waals surface area (Å²) in [5, 5.41) is 13.3. The van der Waals surface area contributed by atoms with E-state index in [1.165, 1.54) is 6.20 Å². The van der Waals surface area contributed by atoms with Gasteiger partial charge in [-0.05, 0) is 114 Å². The molecular weight excluding hydrogens is 895 g/mol. The highest BCUT2D eigenvalue weighted by molar-refractivity contribution is 6.01. The number of carbonyl (C=O) groups is 6. The van der Waals surface area contributed by atoms with Gasteiger partial charge in [-0.1, -0.05) is 12.1 Å². The normalized spacial score (nSPS) is 23.6. The Morgan fingerprint density at radius 1 is 0.829 bits per heavy atom. The molecular formula is C51H71N11O8. The van der Waals surface area contributed by atoms with Crippen LogP contribution in [0, 0.1) is 17.8 Å². The van der Waals surface area contributed by atoms with Crippen LogP contribution in [0.4, 0.5) is 17.5 Å². The lowest BCUT2D eigenvalue weighted by Crippen LogP contribution is -2.54. The lowest BCUT2D eigenvalue weighted by molar-refractivity contribution is -0.143. The van der Waals surface area contributed by atoms with E-state index in [0.717, 1.165) is 128 Å². The summed E-state index contributed by atoms with van der Waals surface area (Å²) in [5.74, 6) is 0.911. The van der Waals surface area contributed by atoms with Crippen LogP contribution in [-0.4, -0.2) is 153 Å². The number of aryl methyl sites for hydroxylation is 1. The van der Waals surface area contributed by atoms with Crippen molar-refractivity contribution < 1.29 is 38.2 Å². The molecule has 1 aromatic carbocycles. The molecule has 3 N–H and O–H groups in total. The Bertz CT molecular complexity index is 2290. The molecule has 5 amide bonds. The number of anilines is 3. The van der Waals surface area contributed by atoms with Gasteiger partial charge in [0.2, 0.25) is 29.6 Å². The Balaban J connectivity index is 0.685. The molecule has 19 heteroatoms. The molecule has 0 spiro atoms. The summed E-state index contributed by atoms with van der Waals surface area (Å²) in [6.45, 7) is 7.30. The lowest BCUT2D eigenvalue weighted by Gasteiger charge is -2.43. The summed E-state index contributed by atoms with van der Waals surface area (Å²) in [6.07, 6.45) is 16.6. The summed E-state index contributed by atoms with van der Waals surface area (Å²) < 4.78 is 12.7. The molecule has 3 saturated heterocycles. The minimum Gasteiger partial charge on any atom is -0.484 e. The van der Waals surface area contributed by atoms with E-state index in [9.17, 15) is 28.8 Å². The van der Waals surface area contributed by atoms with Crippen molar-refractivity contribution in [2.45, 2.75) is 115 Å². The molecule has 5 fully saturated rings. The molecule has 378 valence electrons. The van der Waals surface area contributed by atoms with Gasteiger partial charge in [0.25, 0.3) is 5.91 Å². The van der Waals surface area contributed by atoms with Gasteiger partial charge < -0.3 is 34.8 Å². The van der Waals surface area contributed by atoms with Gasteiger partial charge in [0, 0.05) is 103 Å². The van der Waals surface area contributed by atoms with E-state index in [0.29, 0.717) is 54.4 Å². The van der Waals surface area contributed by atoms with Gasteiger partial charge in [0.1, 0.15) is 17.1 Å². The van der Waals surface area contributed by atoms with Crippen LogP contribution < -0.4 is 20.7 Å². The lowest BCUT2D eigenvalue weighted by atomic mass is 9.80. The summed E-state index contributed by atoms with van der Waals surface area (Å²) in [4.78, 5) is 94.0. The zero-order chi connectivity index (χ0) is 49.1. The van der Waals surface area contributed by atoms with Crippen molar-refractivity contribution in [2.24, 2.45) is 24.8 Å². The van der Waals surface area contributed by atoms with E-state index in [-0.39, 0.29) is 66.5 Å². The number of nitrogens with zero attached hydrogens (tertiary/aromatic N) is 8. The number of benzene rings is 1. The second-order valence-corrected chi connectivity index (χ2v) is 19.9. The van der Waals surface area contributed by atoms with Crippen molar-refractivity contribution in [3.05, 3.63) is 54.0 Å². The third-order valence-electron chi connectivity index (χ3n) is 15.2. The molecule has 2 aromatic heterocycles. The first kappa shape index (κ1) is 50.3. The van der Waals surface area contributed by atoms with E-state index in [4.69, 9.17) is 9.47 Å². The zero-order valence-corrected chi connectivity index (χ0v) is 41.1. The van der Waals surface area contributed by atoms with Crippen molar-refractivity contribution in [3.63, 3.8) is 0 Å². The third kappa shape index (κ3) is 13.0. The molecule has 5 aliphatic rings. The minimum absolute atomic E-state index is 0.0103. The number of aromatic nitrogens is 4. The van der Waals surface area contributed by atoms with Gasteiger partial charge >= 0.3 is 5.97 Å². The van der Waals surface area contributed by atoms with Crippen molar-refractivity contribution in [1.82, 2.24) is 44.7 Å². The largest absolute Gasteiger partial charge is 0.484 e. The number of esters is 1. The number of amides is 5. The standard InChI is InChI=1S/C51H71N11O8/c1-4-69-50(68)43-31-52-51(55-39-30-53-59(3)32-39)57-46(43)54-38-13-15-40(16-14-38)60-26-28-62(29-27-60)49(67)37-9-7-36(8-10-37)48(66)61-24-21-34(22-25-61)6-5-23-58(2)45(64)33-70-41-17-11-35(12-18-41)42-19-20-44(63)56-47(42)65/h11-12,17-18,30-32,34,36-38,40,42H,4-10,13-16,19-29,33H2,1-3H3,(H,56,63,65)(H2,52,54,55,57). The second kappa shape index (κ2) is 23.7. The van der Waals surface area contributed by atoms with Crippen LogP contribution in [0.25, 0.3) is 0 Å². The molecule has 3 aromatic rings. The zero-order valence-electron chi connectivity index (χ0n) is 41.1. The first-order chi connectivity index (χ1) is 33.9. The molecule has 2 saturated carbocycles. The third-order valence-corrected chi connectivity index (χ3v) is 15.2. The number of rotatable bonds is 17. The number of carbonyl (C=O) groups excluding carboxylic acids is 6. The number of piperazine rings is 1. The Hall–Kier alpha value is -6.11. The van der Waals surface area contributed by atoms with Gasteiger partial charge in [-0.2, -0.15) is 10.1 Å². The Morgan fingerprint density at radius 2 is 1.50 bits per heavy atom. The average molecular weight is 966 g/mol. The first-order valence-electron chi connectivity index (χ1n) is 25.6. The molecule has 8 rings (SSSR count). The fourth-order valence-electron chi connectivity index (χ4n) is 11.0. The number of ether oxygens (including phenoxy) is 2. The van der Waals surface area contributed by atoms with Crippen LogP contribution in [0.1, 0.15) is 119 Å². The van der Waals surface area contributed by atoms with E-state index >= 15 is 0 Å². The maximum absolute atomic E-state index is 13.7. The topological polar surface area (TPSA) is 214 Å². The fourth-order valence-corrected chi connectivity index (χ4v) is 11.0. The predicted octanol–water partition coefficient (Wildman–Crippen LogP) is 4.88. The SMILES string of the molecule is CCOC(=O)c1cnc(Nc2cnn(C)c2)nc1NC1CCC(N2CCN(C(=O)C3CCC(C(=O)N4CCC(CCCN(C)C(=O)COc5ccc(C6CCC(=O)NC6=O)cc5)CC4)CC3)CC2)CC1. The Labute approximate surface area is 410 Å².